The lowest BCUT2D eigenvalue weighted by atomic mass is 10.1. The molecule has 2 aliphatic rings. The molecule has 0 saturated carbocycles. The highest BCUT2D eigenvalue weighted by Gasteiger charge is 2.31. The van der Waals surface area contributed by atoms with Crippen molar-refractivity contribution in [2.24, 2.45) is 0 Å². The number of carboxylic acids is 1. The van der Waals surface area contributed by atoms with Crippen molar-refractivity contribution in [1.29, 1.82) is 5.26 Å². The maximum Gasteiger partial charge on any atom is 0.346 e. The van der Waals surface area contributed by atoms with E-state index in [2.05, 4.69) is 72.9 Å². The second kappa shape index (κ2) is 14.7. The fraction of sp³-hybridized carbons (Fsp3) is 0.235. The van der Waals surface area contributed by atoms with Crippen LogP contribution in [0.1, 0.15) is 30.2 Å². The molecule has 0 aliphatic carbocycles. The molecule has 45 heavy (non-hydrogen) atoms. The van der Waals surface area contributed by atoms with Crippen LogP contribution in [0.5, 0.6) is 0 Å². The fourth-order valence-electron chi connectivity index (χ4n) is 5.07. The third kappa shape index (κ3) is 7.23. The molecule has 1 saturated heterocycles. The maximum absolute atomic E-state index is 11.4. The number of hydrogen-bond acceptors (Lipinski definition) is 10. The summed E-state index contributed by atoms with van der Waals surface area (Å²) in [6.07, 6.45) is 10.4. The third-order valence-electron chi connectivity index (χ3n) is 7.31. The first kappa shape index (κ1) is 32.8. The largest absolute Gasteiger partial charge is 0.477 e. The molecular formula is C34H30N2O2S7. The first-order chi connectivity index (χ1) is 21.9. The van der Waals surface area contributed by atoms with Crippen molar-refractivity contribution in [1.82, 2.24) is 0 Å². The van der Waals surface area contributed by atoms with Crippen molar-refractivity contribution in [2.75, 3.05) is 24.0 Å². The predicted octanol–water partition coefficient (Wildman–Crippen LogP) is 11.7. The number of nitrogens with zero attached hydrogens (tertiary/aromatic N) is 2. The van der Waals surface area contributed by atoms with Gasteiger partial charge in [-0.25, -0.2) is 4.79 Å². The van der Waals surface area contributed by atoms with Gasteiger partial charge in [0.1, 0.15) is 11.6 Å². The minimum Gasteiger partial charge on any atom is -0.477 e. The summed E-state index contributed by atoms with van der Waals surface area (Å²) >= 11 is 13.3. The van der Waals surface area contributed by atoms with Gasteiger partial charge in [0.05, 0.1) is 20.5 Å². The Labute approximate surface area is 293 Å². The highest BCUT2D eigenvalue weighted by molar-refractivity contribution is 8.36. The zero-order valence-electron chi connectivity index (χ0n) is 24.8. The Morgan fingerprint density at radius 2 is 1.60 bits per heavy atom. The van der Waals surface area contributed by atoms with E-state index < -0.39 is 5.97 Å². The standard InChI is InChI=1S/C34H30N2O2S7/c1-4-5-14-36-24-9-6-20(15-22(19-35)32(37)38)16-29(24)43-30-17-21(7-10-25(30)36)26-12-13-28(42-26)27-11-8-23(41-27)18-31-44-33(39-2)34(40-3)45-31/h6-13,15-18,33-34H,4-5,14H2,1-3H3,(H,37,38). The summed E-state index contributed by atoms with van der Waals surface area (Å²) < 4.78 is 2.61. The molecule has 230 valence electrons. The Morgan fingerprint density at radius 3 is 2.29 bits per heavy atom. The summed E-state index contributed by atoms with van der Waals surface area (Å²) in [4.78, 5) is 21.1. The summed E-state index contributed by atoms with van der Waals surface area (Å²) in [5, 5.41) is 18.6. The average molecular weight is 723 g/mol. The second-order valence-corrected chi connectivity index (χ2v) is 18.7. The van der Waals surface area contributed by atoms with Crippen LogP contribution in [-0.4, -0.2) is 39.3 Å². The van der Waals surface area contributed by atoms with Crippen molar-refractivity contribution in [3.8, 4) is 26.3 Å². The molecular weight excluding hydrogens is 693 g/mol. The van der Waals surface area contributed by atoms with Gasteiger partial charge in [-0.1, -0.05) is 37.2 Å². The van der Waals surface area contributed by atoms with Gasteiger partial charge in [-0.05, 0) is 90.7 Å². The first-order valence-corrected chi connectivity index (χ1v) is 21.1. The van der Waals surface area contributed by atoms with E-state index >= 15 is 0 Å². The van der Waals surface area contributed by atoms with E-state index in [1.807, 2.05) is 87.9 Å². The smallest absolute Gasteiger partial charge is 0.346 e. The molecule has 11 heteroatoms. The Hall–Kier alpha value is -2.17. The number of rotatable bonds is 10. The fourth-order valence-corrected chi connectivity index (χ4v) is 14.6. The van der Waals surface area contributed by atoms with Gasteiger partial charge in [0, 0.05) is 40.1 Å². The number of nitriles is 1. The van der Waals surface area contributed by atoms with Crippen LogP contribution in [0.3, 0.4) is 0 Å². The summed E-state index contributed by atoms with van der Waals surface area (Å²) in [7, 11) is 0. The van der Waals surface area contributed by atoms with Crippen molar-refractivity contribution in [3.05, 3.63) is 80.9 Å². The van der Waals surface area contributed by atoms with Crippen molar-refractivity contribution in [2.45, 2.75) is 38.7 Å². The zero-order chi connectivity index (χ0) is 31.5. The molecule has 2 aromatic heterocycles. The van der Waals surface area contributed by atoms with Gasteiger partial charge >= 0.3 is 5.97 Å². The predicted molar refractivity (Wildman–Crippen MR) is 205 cm³/mol. The van der Waals surface area contributed by atoms with Crippen molar-refractivity contribution in [3.63, 3.8) is 0 Å². The molecule has 0 bridgehead atoms. The van der Waals surface area contributed by atoms with Gasteiger partial charge in [-0.3, -0.25) is 0 Å². The third-order valence-corrected chi connectivity index (χ3v) is 17.0. The Kier molecular flexibility index (Phi) is 10.7. The number of carboxylic acid groups (broad SMARTS) is 1. The molecule has 2 atom stereocenters. The van der Waals surface area contributed by atoms with Gasteiger partial charge in [0.2, 0.25) is 0 Å². The first-order valence-electron chi connectivity index (χ1n) is 14.3. The molecule has 4 aromatic rings. The number of anilines is 2. The zero-order valence-corrected chi connectivity index (χ0v) is 30.5. The van der Waals surface area contributed by atoms with Crippen LogP contribution in [0.2, 0.25) is 0 Å². The van der Waals surface area contributed by atoms with Crippen LogP contribution >= 0.6 is 81.5 Å². The Morgan fingerprint density at radius 1 is 0.933 bits per heavy atom. The van der Waals surface area contributed by atoms with E-state index in [1.54, 1.807) is 17.8 Å². The summed E-state index contributed by atoms with van der Waals surface area (Å²) in [6.45, 7) is 3.10. The summed E-state index contributed by atoms with van der Waals surface area (Å²) in [6, 6.07) is 23.4. The Bertz CT molecular complexity index is 1820. The molecule has 6 rings (SSSR count). The number of fused-ring (bicyclic) bond motifs is 2. The molecule has 2 aromatic carbocycles. The number of thioether (sulfide) groups is 4. The highest BCUT2D eigenvalue weighted by atomic mass is 32.3. The van der Waals surface area contributed by atoms with Crippen LogP contribution in [-0.2, 0) is 4.79 Å². The van der Waals surface area contributed by atoms with Crippen LogP contribution in [0.25, 0.3) is 32.3 Å². The molecule has 4 nitrogen and oxygen atoms in total. The lowest BCUT2D eigenvalue weighted by Gasteiger charge is -2.33. The molecule has 1 N–H and O–H groups in total. The van der Waals surface area contributed by atoms with Crippen LogP contribution < -0.4 is 4.90 Å². The quantitative estimate of drug-likeness (QED) is 0.127. The van der Waals surface area contributed by atoms with Gasteiger partial charge in [-0.15, -0.1) is 69.7 Å². The molecule has 0 spiro atoms. The topological polar surface area (TPSA) is 64.3 Å². The normalized spacial score (nSPS) is 17.6. The lowest BCUT2D eigenvalue weighted by Crippen LogP contribution is -2.21. The number of benzene rings is 2. The molecule has 1 fully saturated rings. The number of carbonyl (C=O) groups is 1. The minimum atomic E-state index is -1.21. The van der Waals surface area contributed by atoms with E-state index in [-0.39, 0.29) is 5.57 Å². The number of aliphatic carboxylic acids is 1. The monoisotopic (exact) mass is 722 g/mol. The van der Waals surface area contributed by atoms with Crippen LogP contribution in [0, 0.1) is 11.3 Å². The van der Waals surface area contributed by atoms with Crippen molar-refractivity contribution < 1.29 is 9.90 Å². The van der Waals surface area contributed by atoms with Gasteiger partial charge in [-0.2, -0.15) is 5.26 Å². The van der Waals surface area contributed by atoms with Crippen LogP contribution in [0.15, 0.2) is 80.3 Å². The van der Waals surface area contributed by atoms with E-state index in [0.29, 0.717) is 14.7 Å². The maximum atomic E-state index is 11.4. The molecule has 4 heterocycles. The molecule has 0 radical (unpaired) electrons. The molecule has 0 amide bonds. The summed E-state index contributed by atoms with van der Waals surface area (Å²) in [5.41, 5.74) is 3.94. The van der Waals surface area contributed by atoms with Gasteiger partial charge < -0.3 is 10.0 Å². The highest BCUT2D eigenvalue weighted by Crippen LogP contribution is 2.55. The average Bonchev–Trinajstić information content (AvgIpc) is 3.81. The number of thiophene rings is 2. The second-order valence-electron chi connectivity index (χ2n) is 10.3. The van der Waals surface area contributed by atoms with Gasteiger partial charge in [0.25, 0.3) is 0 Å². The van der Waals surface area contributed by atoms with E-state index in [0.717, 1.165) is 30.0 Å². The lowest BCUT2D eigenvalue weighted by molar-refractivity contribution is -0.132. The van der Waals surface area contributed by atoms with Crippen LogP contribution in [0.4, 0.5) is 11.4 Å². The van der Waals surface area contributed by atoms with E-state index in [1.165, 1.54) is 46.0 Å². The van der Waals surface area contributed by atoms with E-state index in [9.17, 15) is 15.2 Å². The van der Waals surface area contributed by atoms with Crippen molar-refractivity contribution >= 4 is 111 Å². The van der Waals surface area contributed by atoms with Gasteiger partial charge in [0.15, 0.2) is 0 Å². The SMILES string of the molecule is CCCCN1c2ccc(C=C(C#N)C(=O)O)cc2Sc2cc(-c3ccc(-c4ccc(C=C5SC(SC)C(SC)S5)s4)s3)ccc21. The molecule has 2 unspecified atom stereocenters. The number of unbranched alkanes of at least 4 members (excludes halogenated alkanes) is 1. The molecule has 2 aliphatic heterocycles. The number of hydrogen-bond donors (Lipinski definition) is 1. The summed E-state index contributed by atoms with van der Waals surface area (Å²) in [5.74, 6) is -1.21. The van der Waals surface area contributed by atoms with E-state index in [4.69, 9.17) is 0 Å². The Balaban J connectivity index is 1.26. The minimum absolute atomic E-state index is 0.269.